The summed E-state index contributed by atoms with van der Waals surface area (Å²) in [6.45, 7) is 1.58. The first-order chi connectivity index (χ1) is 16.4. The fourth-order valence-electron chi connectivity index (χ4n) is 3.97. The Morgan fingerprint density at radius 2 is 2.00 bits per heavy atom. The molecule has 1 aliphatic rings. The fraction of sp³-hybridized carbons (Fsp3) is 0.440. The van der Waals surface area contributed by atoms with Gasteiger partial charge in [0, 0.05) is 35.6 Å². The number of aryl methyl sites for hydroxylation is 2. The van der Waals surface area contributed by atoms with Crippen LogP contribution < -0.4 is 16.0 Å². The Labute approximate surface area is 209 Å². The summed E-state index contributed by atoms with van der Waals surface area (Å²) >= 11 is 6.05. The molecule has 4 N–H and O–H groups in total. The molecular formula is C25H32FN3O3S2. The van der Waals surface area contributed by atoms with Crippen molar-refractivity contribution < 1.29 is 19.1 Å². The summed E-state index contributed by atoms with van der Waals surface area (Å²) < 4.78 is 13.2. The van der Waals surface area contributed by atoms with Crippen LogP contribution >= 0.6 is 24.4 Å². The number of thioether (sulfide) groups is 1. The zero-order valence-corrected chi connectivity index (χ0v) is 20.9. The highest BCUT2D eigenvalue weighted by Gasteiger charge is 2.23. The summed E-state index contributed by atoms with van der Waals surface area (Å²) in [6, 6.07) is 11.3. The van der Waals surface area contributed by atoms with E-state index in [-0.39, 0.29) is 5.82 Å². The van der Waals surface area contributed by atoms with Crippen LogP contribution in [-0.4, -0.2) is 59.4 Å². The van der Waals surface area contributed by atoms with Crippen molar-refractivity contribution in [1.29, 1.82) is 0 Å². The zero-order chi connectivity index (χ0) is 24.5. The maximum atomic E-state index is 13.2. The van der Waals surface area contributed by atoms with E-state index in [1.54, 1.807) is 18.2 Å². The Kier molecular flexibility index (Phi) is 10.1. The molecule has 9 heteroatoms. The molecule has 0 radical (unpaired) electrons. The summed E-state index contributed by atoms with van der Waals surface area (Å²) in [4.78, 5) is 24.8. The Hall–Kier alpha value is -2.23. The number of rotatable bonds is 12. The molecule has 2 unspecified atom stereocenters. The third kappa shape index (κ3) is 7.92. The standard InChI is InChI=1S/C25H32FN3O3S2/c1-34-11-10-23(25(31)32)29-24(30)22-13-19(27-14-20-12-21(33)15-28-20)9-6-17(22)5-2-16-3-7-18(26)8-4-16/h3-4,6-9,13,20-21,23,27-28,33H,2,5,10-12,14-15H2,1H3,(H,29,30)(H,31,32)/t20?,21?,23-/m0/s1. The van der Waals surface area contributed by atoms with Gasteiger partial charge in [-0.1, -0.05) is 18.2 Å². The number of carbonyl (C=O) groups is 2. The molecule has 0 aliphatic carbocycles. The number of benzene rings is 2. The van der Waals surface area contributed by atoms with E-state index in [0.717, 1.165) is 29.8 Å². The van der Waals surface area contributed by atoms with Crippen molar-refractivity contribution in [3.8, 4) is 0 Å². The lowest BCUT2D eigenvalue weighted by atomic mass is 9.98. The quantitative estimate of drug-likeness (QED) is 0.283. The molecule has 3 atom stereocenters. The third-order valence-electron chi connectivity index (χ3n) is 5.92. The van der Waals surface area contributed by atoms with Gasteiger partial charge in [-0.2, -0.15) is 24.4 Å². The van der Waals surface area contributed by atoms with E-state index in [1.807, 2.05) is 18.4 Å². The molecule has 0 aromatic heterocycles. The van der Waals surface area contributed by atoms with Crippen LogP contribution in [0.25, 0.3) is 0 Å². The van der Waals surface area contributed by atoms with Crippen molar-refractivity contribution in [3.63, 3.8) is 0 Å². The molecule has 2 aromatic carbocycles. The number of anilines is 1. The van der Waals surface area contributed by atoms with Crippen molar-refractivity contribution in [2.75, 3.05) is 30.4 Å². The topological polar surface area (TPSA) is 90.5 Å². The number of halogens is 1. The van der Waals surface area contributed by atoms with Gasteiger partial charge in [0.25, 0.3) is 5.91 Å². The van der Waals surface area contributed by atoms with Crippen LogP contribution in [0.2, 0.25) is 0 Å². The van der Waals surface area contributed by atoms with Gasteiger partial charge in [0.15, 0.2) is 0 Å². The Balaban J connectivity index is 1.76. The second-order valence-corrected chi connectivity index (χ2v) is 10.2. The highest BCUT2D eigenvalue weighted by molar-refractivity contribution is 7.98. The van der Waals surface area contributed by atoms with Gasteiger partial charge in [0.05, 0.1) is 0 Å². The molecule has 0 spiro atoms. The van der Waals surface area contributed by atoms with Crippen molar-refractivity contribution in [2.24, 2.45) is 0 Å². The molecule has 1 saturated heterocycles. The molecule has 1 heterocycles. The zero-order valence-electron chi connectivity index (χ0n) is 19.2. The van der Waals surface area contributed by atoms with E-state index in [9.17, 15) is 19.1 Å². The average Bonchev–Trinajstić information content (AvgIpc) is 3.25. The maximum Gasteiger partial charge on any atom is 0.326 e. The number of carbonyl (C=O) groups excluding carboxylic acids is 1. The third-order valence-corrected chi connectivity index (χ3v) is 6.95. The van der Waals surface area contributed by atoms with Crippen LogP contribution in [0.1, 0.15) is 34.3 Å². The summed E-state index contributed by atoms with van der Waals surface area (Å²) in [5, 5.41) is 19.4. The second kappa shape index (κ2) is 13.0. The summed E-state index contributed by atoms with van der Waals surface area (Å²) in [6.07, 6.45) is 4.43. The van der Waals surface area contributed by atoms with Crippen LogP contribution in [0.15, 0.2) is 42.5 Å². The Bertz CT molecular complexity index is 974. The minimum absolute atomic E-state index is 0.287. The van der Waals surface area contributed by atoms with Crippen molar-refractivity contribution in [3.05, 3.63) is 65.0 Å². The van der Waals surface area contributed by atoms with Gasteiger partial charge in [0.1, 0.15) is 11.9 Å². The van der Waals surface area contributed by atoms with Gasteiger partial charge in [0.2, 0.25) is 0 Å². The fourth-order valence-corrected chi connectivity index (χ4v) is 4.80. The van der Waals surface area contributed by atoms with E-state index < -0.39 is 17.9 Å². The largest absolute Gasteiger partial charge is 0.480 e. The highest BCUT2D eigenvalue weighted by Crippen LogP contribution is 2.20. The first kappa shape index (κ1) is 26.4. The predicted octanol–water partition coefficient (Wildman–Crippen LogP) is 3.62. The molecule has 184 valence electrons. The number of nitrogens with one attached hydrogen (secondary N) is 3. The molecule has 1 aliphatic heterocycles. The highest BCUT2D eigenvalue weighted by atomic mass is 32.2. The number of carboxylic acid groups (broad SMARTS) is 1. The maximum absolute atomic E-state index is 13.2. The van der Waals surface area contributed by atoms with Crippen LogP contribution in [0.3, 0.4) is 0 Å². The minimum atomic E-state index is -1.04. The molecule has 34 heavy (non-hydrogen) atoms. The lowest BCUT2D eigenvalue weighted by molar-refractivity contribution is -0.139. The van der Waals surface area contributed by atoms with Crippen molar-refractivity contribution in [1.82, 2.24) is 10.6 Å². The first-order valence-corrected chi connectivity index (χ1v) is 13.3. The van der Waals surface area contributed by atoms with Gasteiger partial charge in [-0.15, -0.1) is 0 Å². The first-order valence-electron chi connectivity index (χ1n) is 11.4. The van der Waals surface area contributed by atoms with Crippen LogP contribution in [0.4, 0.5) is 10.1 Å². The average molecular weight is 506 g/mol. The van der Waals surface area contributed by atoms with Crippen molar-refractivity contribution in [2.45, 2.75) is 43.0 Å². The Morgan fingerprint density at radius 1 is 1.24 bits per heavy atom. The smallest absolute Gasteiger partial charge is 0.326 e. The van der Waals surface area contributed by atoms with Crippen molar-refractivity contribution >= 4 is 42.0 Å². The molecule has 0 bridgehead atoms. The molecular weight excluding hydrogens is 473 g/mol. The normalized spacial score (nSPS) is 18.4. The Morgan fingerprint density at radius 3 is 2.65 bits per heavy atom. The van der Waals surface area contributed by atoms with Crippen LogP contribution in [0.5, 0.6) is 0 Å². The SMILES string of the molecule is CSCC[C@H](NC(=O)c1cc(NCC2CC(S)CN2)ccc1CCc1ccc(F)cc1)C(=O)O. The van der Waals surface area contributed by atoms with Gasteiger partial charge in [-0.25, -0.2) is 9.18 Å². The number of aliphatic carboxylic acids is 1. The number of carboxylic acids is 1. The molecule has 3 rings (SSSR count). The molecule has 6 nitrogen and oxygen atoms in total. The molecule has 0 saturated carbocycles. The van der Waals surface area contributed by atoms with Gasteiger partial charge < -0.3 is 21.1 Å². The summed E-state index contributed by atoms with van der Waals surface area (Å²) in [5.74, 6) is -1.10. The van der Waals surface area contributed by atoms with E-state index in [4.69, 9.17) is 0 Å². The minimum Gasteiger partial charge on any atom is -0.480 e. The van der Waals surface area contributed by atoms with E-state index in [2.05, 4.69) is 28.6 Å². The summed E-state index contributed by atoms with van der Waals surface area (Å²) in [5.41, 5.74) is 3.04. The van der Waals surface area contributed by atoms with E-state index in [0.29, 0.717) is 48.4 Å². The predicted molar refractivity (Wildman–Crippen MR) is 140 cm³/mol. The van der Waals surface area contributed by atoms with E-state index >= 15 is 0 Å². The number of hydrogen-bond donors (Lipinski definition) is 5. The number of hydrogen-bond acceptors (Lipinski definition) is 6. The lowest BCUT2D eigenvalue weighted by Crippen LogP contribution is -2.41. The molecule has 1 amide bonds. The molecule has 2 aromatic rings. The van der Waals surface area contributed by atoms with Gasteiger partial charge in [-0.05, 0) is 73.1 Å². The van der Waals surface area contributed by atoms with Gasteiger partial charge in [-0.3, -0.25) is 4.79 Å². The van der Waals surface area contributed by atoms with Crippen LogP contribution in [0, 0.1) is 5.82 Å². The summed E-state index contributed by atoms with van der Waals surface area (Å²) in [7, 11) is 0. The number of amides is 1. The monoisotopic (exact) mass is 505 g/mol. The second-order valence-electron chi connectivity index (χ2n) is 8.52. The lowest BCUT2D eigenvalue weighted by Gasteiger charge is -2.18. The van der Waals surface area contributed by atoms with Crippen LogP contribution in [-0.2, 0) is 17.6 Å². The van der Waals surface area contributed by atoms with Gasteiger partial charge >= 0.3 is 5.97 Å². The number of thiol groups is 1. The molecule has 1 fully saturated rings. The van der Waals surface area contributed by atoms with E-state index in [1.165, 1.54) is 23.9 Å².